The van der Waals surface area contributed by atoms with Gasteiger partial charge in [-0.15, -0.1) is 0 Å². The molecule has 1 heterocycles. The zero-order valence-corrected chi connectivity index (χ0v) is 16.2. The summed E-state index contributed by atoms with van der Waals surface area (Å²) in [5, 5.41) is 2.83. The van der Waals surface area contributed by atoms with Gasteiger partial charge in [0.15, 0.2) is 0 Å². The fraction of sp³-hybridized carbons (Fsp3) is 0.364. The van der Waals surface area contributed by atoms with Gasteiger partial charge in [-0.2, -0.15) is 0 Å². The van der Waals surface area contributed by atoms with Crippen molar-refractivity contribution in [2.45, 2.75) is 31.8 Å². The molecule has 2 amide bonds. The number of hydrogen-bond donors (Lipinski definition) is 2. The summed E-state index contributed by atoms with van der Waals surface area (Å²) in [6.07, 6.45) is 2.26. The van der Waals surface area contributed by atoms with E-state index in [0.29, 0.717) is 18.7 Å². The van der Waals surface area contributed by atoms with Crippen molar-refractivity contribution in [1.82, 2.24) is 0 Å². The van der Waals surface area contributed by atoms with Crippen LogP contribution in [0.4, 0.5) is 11.4 Å². The molecule has 0 radical (unpaired) electrons. The molecule has 0 saturated carbocycles. The summed E-state index contributed by atoms with van der Waals surface area (Å²) >= 11 is 0. The number of carbonyl (C=O) groups is 2. The molecule has 0 saturated heterocycles. The van der Waals surface area contributed by atoms with Crippen molar-refractivity contribution in [3.63, 3.8) is 0 Å². The maximum absolute atomic E-state index is 12.8. The Morgan fingerprint density at radius 3 is 2.64 bits per heavy atom. The van der Waals surface area contributed by atoms with E-state index < -0.39 is 0 Å². The fourth-order valence-corrected chi connectivity index (χ4v) is 3.45. The molecule has 1 atom stereocenters. The van der Waals surface area contributed by atoms with Crippen molar-refractivity contribution >= 4 is 23.2 Å². The largest absolute Gasteiger partial charge is 0.380 e. The zero-order chi connectivity index (χ0) is 19.9. The number of amides is 2. The number of ether oxygens (including phenoxy) is 1. The van der Waals surface area contributed by atoms with Gasteiger partial charge in [-0.25, -0.2) is 0 Å². The monoisotopic (exact) mass is 381 g/mol. The lowest BCUT2D eigenvalue weighted by molar-refractivity contribution is -0.119. The Morgan fingerprint density at radius 1 is 1.18 bits per heavy atom. The van der Waals surface area contributed by atoms with E-state index >= 15 is 0 Å². The minimum Gasteiger partial charge on any atom is -0.380 e. The van der Waals surface area contributed by atoms with Crippen LogP contribution >= 0.6 is 0 Å². The van der Waals surface area contributed by atoms with E-state index in [1.165, 1.54) is 12.7 Å². The molecular formula is C22H27N3O3. The quantitative estimate of drug-likeness (QED) is 0.772. The molecule has 6 heteroatoms. The van der Waals surface area contributed by atoms with Crippen molar-refractivity contribution in [3.05, 3.63) is 59.7 Å². The molecule has 2 aromatic rings. The molecule has 0 aliphatic carbocycles. The van der Waals surface area contributed by atoms with Crippen molar-refractivity contribution < 1.29 is 14.3 Å². The summed E-state index contributed by atoms with van der Waals surface area (Å²) in [5.41, 5.74) is 9.40. The number of carbonyl (C=O) groups excluding carboxylic acids is 2. The number of nitrogens with zero attached hydrogens (tertiary/aromatic N) is 1. The zero-order valence-electron chi connectivity index (χ0n) is 16.2. The normalized spacial score (nSPS) is 14.3. The van der Waals surface area contributed by atoms with E-state index in [2.05, 4.69) is 11.4 Å². The number of aryl methyl sites for hydroxylation is 1. The smallest absolute Gasteiger partial charge is 0.231 e. The summed E-state index contributed by atoms with van der Waals surface area (Å²) in [6, 6.07) is 15.5. The highest BCUT2D eigenvalue weighted by atomic mass is 16.5. The summed E-state index contributed by atoms with van der Waals surface area (Å²) in [5.74, 6) is -0.0548. The topological polar surface area (TPSA) is 84.7 Å². The van der Waals surface area contributed by atoms with Crippen molar-refractivity contribution in [1.29, 1.82) is 0 Å². The lowest BCUT2D eigenvalue weighted by Gasteiger charge is -2.29. The maximum atomic E-state index is 12.8. The highest BCUT2D eigenvalue weighted by molar-refractivity contribution is 5.96. The summed E-state index contributed by atoms with van der Waals surface area (Å²) in [6.45, 7) is 1.05. The predicted octanol–water partition coefficient (Wildman–Crippen LogP) is 2.51. The number of nitrogens with two attached hydrogens (primary N) is 1. The number of nitrogens with one attached hydrogen (secondary N) is 1. The lowest BCUT2D eigenvalue weighted by Crippen LogP contribution is -2.36. The number of rotatable bonds is 7. The number of methoxy groups -OCH3 is 1. The molecule has 0 bridgehead atoms. The molecule has 1 aliphatic rings. The number of hydrogen-bond acceptors (Lipinski definition) is 4. The van der Waals surface area contributed by atoms with Gasteiger partial charge in [0.25, 0.3) is 0 Å². The minimum absolute atomic E-state index is 0.0924. The van der Waals surface area contributed by atoms with Crippen LogP contribution in [0.1, 0.15) is 24.0 Å². The van der Waals surface area contributed by atoms with Gasteiger partial charge in [-0.1, -0.05) is 30.3 Å². The van der Waals surface area contributed by atoms with E-state index in [-0.39, 0.29) is 24.3 Å². The first-order valence-electron chi connectivity index (χ1n) is 9.60. The third kappa shape index (κ3) is 4.97. The van der Waals surface area contributed by atoms with E-state index in [9.17, 15) is 9.59 Å². The van der Waals surface area contributed by atoms with Gasteiger partial charge in [0, 0.05) is 31.6 Å². The average Bonchev–Trinajstić information content (AvgIpc) is 2.73. The van der Waals surface area contributed by atoms with Gasteiger partial charge in [0.05, 0.1) is 18.9 Å². The Balaban J connectivity index is 1.59. The second kappa shape index (κ2) is 9.48. The second-order valence-electron chi connectivity index (χ2n) is 7.00. The van der Waals surface area contributed by atoms with Gasteiger partial charge < -0.3 is 20.7 Å². The van der Waals surface area contributed by atoms with Gasteiger partial charge in [-0.3, -0.25) is 9.59 Å². The van der Waals surface area contributed by atoms with Gasteiger partial charge >= 0.3 is 0 Å². The summed E-state index contributed by atoms with van der Waals surface area (Å²) < 4.78 is 5.13. The van der Waals surface area contributed by atoms with Gasteiger partial charge in [0.1, 0.15) is 0 Å². The van der Waals surface area contributed by atoms with Crippen LogP contribution in [0.5, 0.6) is 0 Å². The minimum atomic E-state index is -0.288. The standard InChI is InChI=1S/C22H27N3O3/c1-28-19(15-23)14-21(26)24-18-10-8-16(9-11-18)13-22(27)25-12-4-6-17-5-2-3-7-20(17)25/h2-3,5,7-11,19H,4,6,12-15,23H2,1H3,(H,24,26). The molecule has 28 heavy (non-hydrogen) atoms. The van der Waals surface area contributed by atoms with Crippen LogP contribution in [-0.4, -0.2) is 38.1 Å². The molecule has 1 aliphatic heterocycles. The van der Waals surface area contributed by atoms with Crippen molar-refractivity contribution in [2.24, 2.45) is 5.73 Å². The number of anilines is 2. The average molecular weight is 381 g/mol. The van der Waals surface area contributed by atoms with Crippen molar-refractivity contribution in [2.75, 3.05) is 30.4 Å². The summed E-state index contributed by atoms with van der Waals surface area (Å²) in [7, 11) is 1.54. The Hall–Kier alpha value is -2.70. The van der Waals surface area contributed by atoms with Crippen LogP contribution in [0, 0.1) is 0 Å². The van der Waals surface area contributed by atoms with Crippen LogP contribution < -0.4 is 16.0 Å². The van der Waals surface area contributed by atoms with Crippen molar-refractivity contribution in [3.8, 4) is 0 Å². The van der Waals surface area contributed by atoms with Crippen LogP contribution in [0.2, 0.25) is 0 Å². The fourth-order valence-electron chi connectivity index (χ4n) is 3.45. The van der Waals surface area contributed by atoms with E-state index in [1.807, 2.05) is 47.4 Å². The molecule has 0 spiro atoms. The van der Waals surface area contributed by atoms with Gasteiger partial charge in [-0.05, 0) is 42.2 Å². The molecule has 6 nitrogen and oxygen atoms in total. The Bertz CT molecular complexity index is 816. The first-order chi connectivity index (χ1) is 13.6. The number of benzene rings is 2. The SMILES string of the molecule is COC(CN)CC(=O)Nc1ccc(CC(=O)N2CCCc3ccccc32)cc1. The molecule has 1 unspecified atom stereocenters. The Labute approximate surface area is 165 Å². The molecule has 3 N–H and O–H groups in total. The summed E-state index contributed by atoms with van der Waals surface area (Å²) in [4.78, 5) is 26.7. The third-order valence-corrected chi connectivity index (χ3v) is 5.01. The molecule has 3 rings (SSSR count). The van der Waals surface area contributed by atoms with Crippen LogP contribution in [0.15, 0.2) is 48.5 Å². The number of para-hydroxylation sites is 1. The molecule has 2 aromatic carbocycles. The van der Waals surface area contributed by atoms with Crippen LogP contribution in [0.25, 0.3) is 0 Å². The first kappa shape index (κ1) is 20.0. The van der Waals surface area contributed by atoms with Crippen LogP contribution in [0.3, 0.4) is 0 Å². The van der Waals surface area contributed by atoms with Crippen LogP contribution in [-0.2, 0) is 27.2 Å². The van der Waals surface area contributed by atoms with E-state index in [1.54, 1.807) is 0 Å². The molecular weight excluding hydrogens is 354 g/mol. The van der Waals surface area contributed by atoms with E-state index in [0.717, 1.165) is 30.6 Å². The first-order valence-corrected chi connectivity index (χ1v) is 9.60. The molecule has 0 aromatic heterocycles. The lowest BCUT2D eigenvalue weighted by atomic mass is 10.0. The Kier molecular flexibility index (Phi) is 6.79. The number of fused-ring (bicyclic) bond motifs is 1. The highest BCUT2D eigenvalue weighted by Gasteiger charge is 2.22. The predicted molar refractivity (Wildman–Crippen MR) is 110 cm³/mol. The highest BCUT2D eigenvalue weighted by Crippen LogP contribution is 2.27. The van der Waals surface area contributed by atoms with E-state index in [4.69, 9.17) is 10.5 Å². The molecule has 0 fully saturated rings. The third-order valence-electron chi connectivity index (χ3n) is 5.01. The Morgan fingerprint density at radius 2 is 1.93 bits per heavy atom. The second-order valence-corrected chi connectivity index (χ2v) is 7.00. The van der Waals surface area contributed by atoms with Gasteiger partial charge in [0.2, 0.25) is 11.8 Å². The molecule has 148 valence electrons. The maximum Gasteiger partial charge on any atom is 0.231 e.